The number of carbonyl (C=O) groups is 2. The Labute approximate surface area is 215 Å². The molecular weight excluding hydrogens is 452 g/mol. The summed E-state index contributed by atoms with van der Waals surface area (Å²) in [6, 6.07) is 8.37. The van der Waals surface area contributed by atoms with E-state index >= 15 is 0 Å². The molecule has 1 aromatic carbocycles. The Balaban J connectivity index is 1.29. The van der Waals surface area contributed by atoms with Crippen LogP contribution in [0.5, 0.6) is 0 Å². The van der Waals surface area contributed by atoms with E-state index in [-0.39, 0.29) is 34.8 Å². The topological polar surface area (TPSA) is 76.5 Å². The third-order valence-corrected chi connectivity index (χ3v) is 9.58. The number of para-hydroxylation sites is 2. The van der Waals surface area contributed by atoms with Gasteiger partial charge in [0.1, 0.15) is 11.4 Å². The third-order valence-electron chi connectivity index (χ3n) is 9.58. The van der Waals surface area contributed by atoms with E-state index in [0.717, 1.165) is 29.7 Å². The van der Waals surface area contributed by atoms with Crippen molar-refractivity contribution in [1.29, 1.82) is 0 Å². The Morgan fingerprint density at radius 2 is 1.92 bits per heavy atom. The monoisotopic (exact) mass is 494 g/mol. The third kappa shape index (κ3) is 4.28. The Morgan fingerprint density at radius 1 is 1.17 bits per heavy atom. The minimum atomic E-state index is -0.513. The van der Waals surface area contributed by atoms with Gasteiger partial charge >= 0.3 is 6.09 Å². The SMILES string of the molecule is CC(C)(C)OC(=O)N1CCC(c2nc3ccccc3n2CCC(=O)NC2CC3CC[C@]2(C)C3(C)C)C1. The van der Waals surface area contributed by atoms with Crippen LogP contribution in [0.3, 0.4) is 0 Å². The fourth-order valence-corrected chi connectivity index (χ4v) is 7.01. The molecule has 1 aliphatic heterocycles. The van der Waals surface area contributed by atoms with Gasteiger partial charge in [0.25, 0.3) is 0 Å². The number of imidazole rings is 1. The second-order valence-corrected chi connectivity index (χ2v) is 13.0. The number of carbonyl (C=O) groups excluding carboxylic acids is 2. The molecule has 4 atom stereocenters. The largest absolute Gasteiger partial charge is 0.444 e. The molecule has 1 N–H and O–H groups in total. The lowest BCUT2D eigenvalue weighted by Crippen LogP contribution is -2.47. The van der Waals surface area contributed by atoms with Crippen LogP contribution in [0.15, 0.2) is 24.3 Å². The van der Waals surface area contributed by atoms with E-state index < -0.39 is 5.60 Å². The van der Waals surface area contributed by atoms with Crippen LogP contribution in [-0.2, 0) is 16.1 Å². The molecule has 3 fully saturated rings. The normalized spacial score (nSPS) is 29.2. The maximum atomic E-state index is 13.2. The van der Waals surface area contributed by atoms with Crippen LogP contribution in [0.1, 0.15) is 85.4 Å². The highest BCUT2D eigenvalue weighted by Crippen LogP contribution is 2.65. The molecule has 0 radical (unpaired) electrons. The van der Waals surface area contributed by atoms with Crippen molar-refractivity contribution >= 4 is 23.0 Å². The van der Waals surface area contributed by atoms with Crippen LogP contribution >= 0.6 is 0 Å². The number of ether oxygens (including phenoxy) is 1. The number of aryl methyl sites for hydroxylation is 1. The molecule has 36 heavy (non-hydrogen) atoms. The second-order valence-electron chi connectivity index (χ2n) is 13.0. The molecule has 7 heteroatoms. The standard InChI is InChI=1S/C29H42N4O3/c1-27(2,3)36-26(35)32-15-12-19(18-32)25-30-21-9-7-8-10-22(21)33(25)16-13-24(34)31-23-17-20-11-14-29(23,6)28(20,4)5/h7-10,19-20,23H,11-18H2,1-6H3,(H,31,34)/t19?,20?,23?,29-/m0/s1. The molecule has 3 aliphatic rings. The molecule has 1 aromatic heterocycles. The van der Waals surface area contributed by atoms with Gasteiger partial charge in [-0.1, -0.05) is 32.9 Å². The van der Waals surface area contributed by atoms with Gasteiger partial charge in [0.2, 0.25) is 5.91 Å². The quantitative estimate of drug-likeness (QED) is 0.597. The van der Waals surface area contributed by atoms with E-state index in [2.05, 4.69) is 36.7 Å². The highest BCUT2D eigenvalue weighted by molar-refractivity contribution is 5.78. The average Bonchev–Trinajstić information content (AvgIpc) is 3.51. The van der Waals surface area contributed by atoms with Gasteiger partial charge in [0.15, 0.2) is 0 Å². The van der Waals surface area contributed by atoms with Crippen LogP contribution in [-0.4, -0.2) is 51.2 Å². The number of rotatable bonds is 5. The van der Waals surface area contributed by atoms with Crippen molar-refractivity contribution in [3.8, 4) is 0 Å². The van der Waals surface area contributed by atoms with Gasteiger partial charge in [-0.05, 0) is 75.3 Å². The van der Waals surface area contributed by atoms with E-state index in [4.69, 9.17) is 9.72 Å². The summed E-state index contributed by atoms with van der Waals surface area (Å²) in [5.74, 6) is 1.91. The van der Waals surface area contributed by atoms with E-state index in [9.17, 15) is 9.59 Å². The molecule has 2 bridgehead atoms. The molecule has 2 aliphatic carbocycles. The van der Waals surface area contributed by atoms with Gasteiger partial charge in [-0.25, -0.2) is 9.78 Å². The van der Waals surface area contributed by atoms with Crippen molar-refractivity contribution in [1.82, 2.24) is 19.8 Å². The Morgan fingerprint density at radius 3 is 2.58 bits per heavy atom. The minimum absolute atomic E-state index is 0.120. The number of likely N-dealkylation sites (tertiary alicyclic amines) is 1. The summed E-state index contributed by atoms with van der Waals surface area (Å²) in [4.78, 5) is 32.5. The van der Waals surface area contributed by atoms with Crippen molar-refractivity contribution in [2.75, 3.05) is 13.1 Å². The summed E-state index contributed by atoms with van der Waals surface area (Å²) < 4.78 is 7.79. The predicted octanol–water partition coefficient (Wildman–Crippen LogP) is 5.48. The second kappa shape index (κ2) is 8.77. The molecule has 5 rings (SSSR count). The number of nitrogens with one attached hydrogen (secondary N) is 1. The number of fused-ring (bicyclic) bond motifs is 3. The molecule has 3 unspecified atom stereocenters. The number of aromatic nitrogens is 2. The molecule has 0 spiro atoms. The van der Waals surface area contributed by atoms with Crippen LogP contribution in [0.2, 0.25) is 0 Å². The molecular formula is C29H42N4O3. The number of benzene rings is 1. The molecule has 7 nitrogen and oxygen atoms in total. The fraction of sp³-hybridized carbons (Fsp3) is 0.690. The van der Waals surface area contributed by atoms with Crippen molar-refractivity contribution < 1.29 is 14.3 Å². The highest BCUT2D eigenvalue weighted by Gasteiger charge is 2.61. The lowest BCUT2D eigenvalue weighted by Gasteiger charge is -2.39. The first-order valence-corrected chi connectivity index (χ1v) is 13.6. The number of hydrogen-bond acceptors (Lipinski definition) is 4. The van der Waals surface area contributed by atoms with Crippen LogP contribution in [0.4, 0.5) is 4.79 Å². The van der Waals surface area contributed by atoms with Crippen molar-refractivity contribution in [2.24, 2.45) is 16.7 Å². The Hall–Kier alpha value is -2.57. The average molecular weight is 495 g/mol. The molecule has 1 saturated heterocycles. The van der Waals surface area contributed by atoms with Gasteiger partial charge in [-0.3, -0.25) is 4.79 Å². The lowest BCUT2D eigenvalue weighted by atomic mass is 9.69. The molecule has 2 saturated carbocycles. The van der Waals surface area contributed by atoms with Gasteiger partial charge in [0.05, 0.1) is 11.0 Å². The van der Waals surface area contributed by atoms with Gasteiger partial charge in [-0.2, -0.15) is 0 Å². The van der Waals surface area contributed by atoms with Gasteiger partial charge < -0.3 is 19.5 Å². The first-order chi connectivity index (χ1) is 16.9. The van der Waals surface area contributed by atoms with Crippen LogP contribution in [0.25, 0.3) is 11.0 Å². The summed E-state index contributed by atoms with van der Waals surface area (Å²) in [7, 11) is 0. The molecule has 2 aromatic rings. The van der Waals surface area contributed by atoms with Crippen LogP contribution < -0.4 is 5.32 Å². The molecule has 196 valence electrons. The summed E-state index contributed by atoms with van der Waals surface area (Å²) in [6.45, 7) is 14.6. The number of hydrogen-bond donors (Lipinski definition) is 1. The zero-order valence-electron chi connectivity index (χ0n) is 22.8. The lowest BCUT2D eigenvalue weighted by molar-refractivity contribution is -0.123. The van der Waals surface area contributed by atoms with Crippen molar-refractivity contribution in [2.45, 2.75) is 97.8 Å². The first-order valence-electron chi connectivity index (χ1n) is 13.6. The fourth-order valence-electron chi connectivity index (χ4n) is 7.01. The summed E-state index contributed by atoms with van der Waals surface area (Å²) >= 11 is 0. The summed E-state index contributed by atoms with van der Waals surface area (Å²) in [5.41, 5.74) is 1.92. The summed E-state index contributed by atoms with van der Waals surface area (Å²) in [6.07, 6.45) is 4.56. The Kier molecular flexibility index (Phi) is 6.12. The van der Waals surface area contributed by atoms with Crippen molar-refractivity contribution in [3.05, 3.63) is 30.1 Å². The maximum Gasteiger partial charge on any atom is 0.410 e. The number of nitrogens with zero attached hydrogens (tertiary/aromatic N) is 3. The zero-order chi connectivity index (χ0) is 25.9. The first kappa shape index (κ1) is 25.1. The molecule has 2 heterocycles. The van der Waals surface area contributed by atoms with E-state index in [1.165, 1.54) is 12.8 Å². The van der Waals surface area contributed by atoms with E-state index in [1.54, 1.807) is 4.90 Å². The maximum absolute atomic E-state index is 13.2. The molecule has 2 amide bonds. The Bertz CT molecular complexity index is 1160. The minimum Gasteiger partial charge on any atom is -0.444 e. The predicted molar refractivity (Wildman–Crippen MR) is 141 cm³/mol. The van der Waals surface area contributed by atoms with E-state index in [0.29, 0.717) is 32.0 Å². The summed E-state index contributed by atoms with van der Waals surface area (Å²) in [5, 5.41) is 3.41. The highest BCUT2D eigenvalue weighted by atomic mass is 16.6. The van der Waals surface area contributed by atoms with Crippen LogP contribution in [0, 0.1) is 16.7 Å². The van der Waals surface area contributed by atoms with Gasteiger partial charge in [-0.15, -0.1) is 0 Å². The smallest absolute Gasteiger partial charge is 0.410 e. The number of amides is 2. The zero-order valence-corrected chi connectivity index (χ0v) is 22.8. The van der Waals surface area contributed by atoms with E-state index in [1.807, 2.05) is 39.0 Å². The van der Waals surface area contributed by atoms with Crippen molar-refractivity contribution in [3.63, 3.8) is 0 Å². The van der Waals surface area contributed by atoms with Gasteiger partial charge in [0, 0.05) is 38.0 Å².